The summed E-state index contributed by atoms with van der Waals surface area (Å²) in [5.74, 6) is 1.99. The van der Waals surface area contributed by atoms with Gasteiger partial charge in [0.05, 0.1) is 30.6 Å². The van der Waals surface area contributed by atoms with Gasteiger partial charge >= 0.3 is 0 Å². The van der Waals surface area contributed by atoms with E-state index in [1.54, 1.807) is 7.11 Å². The molecule has 4 nitrogen and oxygen atoms in total. The van der Waals surface area contributed by atoms with E-state index >= 15 is 0 Å². The fourth-order valence-electron chi connectivity index (χ4n) is 5.31. The second kappa shape index (κ2) is 6.72. The van der Waals surface area contributed by atoms with Crippen LogP contribution in [0.25, 0.3) is 0 Å². The van der Waals surface area contributed by atoms with E-state index in [1.807, 2.05) is 0 Å². The van der Waals surface area contributed by atoms with E-state index in [9.17, 15) is 5.11 Å². The van der Waals surface area contributed by atoms with Crippen molar-refractivity contribution in [1.82, 2.24) is 0 Å². The molecule has 1 aromatic rings. The number of methoxy groups -OCH3 is 1. The monoisotopic (exact) mass is 359 g/mol. The number of fused-ring (bicyclic) bond motifs is 2. The quantitative estimate of drug-likeness (QED) is 0.879. The molecule has 2 saturated heterocycles. The van der Waals surface area contributed by atoms with Gasteiger partial charge in [0.1, 0.15) is 5.75 Å². The van der Waals surface area contributed by atoms with Crippen LogP contribution in [-0.2, 0) is 4.74 Å². The van der Waals surface area contributed by atoms with E-state index in [-0.39, 0.29) is 23.7 Å². The zero-order valence-electron chi connectivity index (χ0n) is 16.6. The lowest BCUT2D eigenvalue weighted by molar-refractivity contribution is -0.215. The van der Waals surface area contributed by atoms with Gasteiger partial charge in [-0.25, -0.2) is 0 Å². The summed E-state index contributed by atoms with van der Waals surface area (Å²) in [4.78, 5) is 2.41. The second-order valence-corrected chi connectivity index (χ2v) is 9.03. The summed E-state index contributed by atoms with van der Waals surface area (Å²) in [5, 5.41) is 10.6. The molecular formula is C22H33NO3. The van der Waals surface area contributed by atoms with Crippen LogP contribution in [0.3, 0.4) is 0 Å². The third-order valence-electron chi connectivity index (χ3n) is 7.15. The Kier molecular flexibility index (Phi) is 4.68. The van der Waals surface area contributed by atoms with Crippen molar-refractivity contribution in [3.05, 3.63) is 23.8 Å². The molecule has 0 spiro atoms. The van der Waals surface area contributed by atoms with E-state index in [4.69, 9.17) is 9.47 Å². The molecule has 1 aromatic carbocycles. The molecule has 1 saturated carbocycles. The first-order chi connectivity index (χ1) is 12.4. The van der Waals surface area contributed by atoms with Crippen molar-refractivity contribution in [2.75, 3.05) is 25.1 Å². The fraction of sp³-hybridized carbons (Fsp3) is 0.727. The first-order valence-electron chi connectivity index (χ1n) is 10.2. The smallest absolute Gasteiger partial charge is 0.142 e. The number of aliphatic hydroxyl groups is 1. The normalized spacial score (nSPS) is 36.2. The summed E-state index contributed by atoms with van der Waals surface area (Å²) in [6, 6.07) is 6.58. The number of nitrogens with zero attached hydrogens (tertiary/aromatic N) is 1. The number of hydrogen-bond donors (Lipinski definition) is 1. The zero-order chi connectivity index (χ0) is 18.5. The van der Waals surface area contributed by atoms with Crippen LogP contribution in [0.2, 0.25) is 0 Å². The lowest BCUT2D eigenvalue weighted by atomic mass is 9.63. The van der Waals surface area contributed by atoms with E-state index in [2.05, 4.69) is 43.9 Å². The minimum absolute atomic E-state index is 0.0210. The fourth-order valence-corrected chi connectivity index (χ4v) is 5.31. The number of rotatable bonds is 3. The van der Waals surface area contributed by atoms with Crippen molar-refractivity contribution in [3.63, 3.8) is 0 Å². The highest BCUT2D eigenvalue weighted by atomic mass is 16.5. The maximum atomic E-state index is 10.6. The molecule has 0 aromatic heterocycles. The summed E-state index contributed by atoms with van der Waals surface area (Å²) >= 11 is 0. The van der Waals surface area contributed by atoms with Crippen molar-refractivity contribution in [2.24, 2.45) is 17.8 Å². The molecule has 0 radical (unpaired) electrons. The first-order valence-corrected chi connectivity index (χ1v) is 10.2. The highest BCUT2D eigenvalue weighted by molar-refractivity contribution is 5.60. The molecular weight excluding hydrogens is 326 g/mol. The van der Waals surface area contributed by atoms with Gasteiger partial charge < -0.3 is 19.5 Å². The van der Waals surface area contributed by atoms with Gasteiger partial charge in [0.2, 0.25) is 0 Å². The van der Waals surface area contributed by atoms with Crippen molar-refractivity contribution in [1.29, 1.82) is 0 Å². The Bertz CT molecular complexity index is 653. The van der Waals surface area contributed by atoms with Crippen LogP contribution in [-0.4, -0.2) is 37.0 Å². The standard InChI is InChI=1S/C22H33NO3/c1-14-17-12-16(13-19(14)24)22(2,3)26-21(17)15-7-8-18(20(11-15)25-4)23-9-5-6-10-23/h7-8,11,14,16-17,19,21,24H,5-6,9-10,12-13H2,1-4H3/t14-,16?,17?,19-,21-/m0/s1. The molecule has 4 heteroatoms. The van der Waals surface area contributed by atoms with Gasteiger partial charge in [-0.15, -0.1) is 0 Å². The largest absolute Gasteiger partial charge is 0.495 e. The Morgan fingerprint density at radius 3 is 2.62 bits per heavy atom. The number of benzene rings is 1. The Morgan fingerprint density at radius 2 is 1.92 bits per heavy atom. The molecule has 2 heterocycles. The predicted molar refractivity (Wildman–Crippen MR) is 104 cm³/mol. The van der Waals surface area contributed by atoms with Gasteiger partial charge in [-0.05, 0) is 75.0 Å². The molecule has 144 valence electrons. The molecule has 2 bridgehead atoms. The lowest BCUT2D eigenvalue weighted by Crippen LogP contribution is -2.52. The Morgan fingerprint density at radius 1 is 1.19 bits per heavy atom. The van der Waals surface area contributed by atoms with E-state index in [1.165, 1.54) is 24.1 Å². The van der Waals surface area contributed by atoms with Crippen molar-refractivity contribution >= 4 is 5.69 Å². The van der Waals surface area contributed by atoms with Crippen LogP contribution < -0.4 is 9.64 Å². The maximum Gasteiger partial charge on any atom is 0.142 e. The average Bonchev–Trinajstić information content (AvgIpc) is 3.15. The molecule has 3 fully saturated rings. The molecule has 1 aliphatic carbocycles. The number of ether oxygens (including phenoxy) is 2. The van der Waals surface area contributed by atoms with E-state index in [0.717, 1.165) is 31.7 Å². The van der Waals surface area contributed by atoms with Gasteiger partial charge in [0, 0.05) is 13.1 Å². The lowest BCUT2D eigenvalue weighted by Gasteiger charge is -2.53. The van der Waals surface area contributed by atoms with E-state index < -0.39 is 0 Å². The predicted octanol–water partition coefficient (Wildman–Crippen LogP) is 4.17. The maximum absolute atomic E-state index is 10.6. The van der Waals surface area contributed by atoms with Crippen LogP contribution >= 0.6 is 0 Å². The second-order valence-electron chi connectivity index (χ2n) is 9.03. The minimum Gasteiger partial charge on any atom is -0.495 e. The van der Waals surface area contributed by atoms with Crippen LogP contribution in [0.15, 0.2) is 18.2 Å². The van der Waals surface area contributed by atoms with Gasteiger partial charge in [-0.2, -0.15) is 0 Å². The third-order valence-corrected chi connectivity index (χ3v) is 7.15. The molecule has 26 heavy (non-hydrogen) atoms. The Hall–Kier alpha value is -1.26. The number of hydrogen-bond acceptors (Lipinski definition) is 4. The van der Waals surface area contributed by atoms with Crippen molar-refractivity contribution in [2.45, 2.75) is 64.3 Å². The molecule has 5 atom stereocenters. The molecule has 1 N–H and O–H groups in total. The van der Waals surface area contributed by atoms with Gasteiger partial charge in [0.15, 0.2) is 0 Å². The Balaban J connectivity index is 1.67. The summed E-state index contributed by atoms with van der Waals surface area (Å²) in [6.07, 6.45) is 4.29. The summed E-state index contributed by atoms with van der Waals surface area (Å²) in [5.41, 5.74) is 2.17. The molecule has 2 unspecified atom stereocenters. The van der Waals surface area contributed by atoms with Crippen LogP contribution in [0.1, 0.15) is 58.1 Å². The molecule has 2 aliphatic heterocycles. The van der Waals surface area contributed by atoms with Gasteiger partial charge in [-0.1, -0.05) is 13.0 Å². The first kappa shape index (κ1) is 18.1. The van der Waals surface area contributed by atoms with Gasteiger partial charge in [-0.3, -0.25) is 0 Å². The van der Waals surface area contributed by atoms with Gasteiger partial charge in [0.25, 0.3) is 0 Å². The van der Waals surface area contributed by atoms with Crippen LogP contribution in [0.5, 0.6) is 5.75 Å². The van der Waals surface area contributed by atoms with Crippen LogP contribution in [0, 0.1) is 17.8 Å². The zero-order valence-corrected chi connectivity index (χ0v) is 16.6. The molecule has 4 rings (SSSR count). The third kappa shape index (κ3) is 3.01. The highest BCUT2D eigenvalue weighted by Gasteiger charge is 2.50. The summed E-state index contributed by atoms with van der Waals surface area (Å²) in [6.45, 7) is 8.75. The van der Waals surface area contributed by atoms with Crippen LogP contribution in [0.4, 0.5) is 5.69 Å². The Labute approximate surface area is 157 Å². The number of anilines is 1. The average molecular weight is 360 g/mol. The number of aliphatic hydroxyl groups excluding tert-OH is 1. The van der Waals surface area contributed by atoms with Crippen molar-refractivity contribution in [3.8, 4) is 5.75 Å². The molecule has 0 amide bonds. The summed E-state index contributed by atoms with van der Waals surface area (Å²) < 4.78 is 12.4. The topological polar surface area (TPSA) is 41.9 Å². The minimum atomic E-state index is -0.227. The SMILES string of the molecule is COc1cc([C@@H]2OC(C)(C)C3CC2[C@H](C)[C@@H](O)C3)ccc1N1CCCC1. The highest BCUT2D eigenvalue weighted by Crippen LogP contribution is 2.53. The summed E-state index contributed by atoms with van der Waals surface area (Å²) in [7, 11) is 1.76. The van der Waals surface area contributed by atoms with Crippen molar-refractivity contribution < 1.29 is 14.6 Å². The van der Waals surface area contributed by atoms with E-state index in [0.29, 0.717) is 11.8 Å². The molecule has 3 aliphatic rings.